The van der Waals surface area contributed by atoms with E-state index in [0.717, 1.165) is 0 Å². The van der Waals surface area contributed by atoms with Gasteiger partial charge in [0.05, 0.1) is 10.5 Å². The van der Waals surface area contributed by atoms with Crippen LogP contribution in [0.1, 0.15) is 11.7 Å². The summed E-state index contributed by atoms with van der Waals surface area (Å²) in [7, 11) is 0. The van der Waals surface area contributed by atoms with Gasteiger partial charge in [-0.3, -0.25) is 10.1 Å². The summed E-state index contributed by atoms with van der Waals surface area (Å²) < 4.78 is 4.82. The molecule has 0 spiro atoms. The second-order valence-electron chi connectivity index (χ2n) is 2.64. The minimum atomic E-state index is -1.43. The van der Waals surface area contributed by atoms with E-state index >= 15 is 0 Å². The molecule has 2 rings (SSSR count). The first-order valence-electron chi connectivity index (χ1n) is 3.63. The predicted molar refractivity (Wildman–Crippen MR) is 40.6 cm³/mol. The summed E-state index contributed by atoms with van der Waals surface area (Å²) in [6, 6.07) is 3.14. The maximum atomic E-state index is 10.4. The first-order chi connectivity index (χ1) is 6.20. The Balaban J connectivity index is 2.38. The average molecular weight is 182 g/mol. The lowest BCUT2D eigenvalue weighted by atomic mass is 10.2. The molecule has 0 amide bonds. The molecule has 0 unspecified atom stereocenters. The minimum Gasteiger partial charge on any atom is -0.409 e. The first kappa shape index (κ1) is 7.93. The van der Waals surface area contributed by atoms with E-state index < -0.39 is 17.3 Å². The Morgan fingerprint density at radius 3 is 3.08 bits per heavy atom. The molecule has 0 aliphatic carbocycles. The van der Waals surface area contributed by atoms with Crippen molar-refractivity contribution >= 4 is 0 Å². The zero-order valence-electron chi connectivity index (χ0n) is 6.45. The van der Waals surface area contributed by atoms with Crippen LogP contribution in [-0.4, -0.2) is 21.2 Å². The van der Waals surface area contributed by atoms with E-state index in [4.69, 9.17) is 4.74 Å². The van der Waals surface area contributed by atoms with Gasteiger partial charge in [-0.25, -0.2) is 4.98 Å². The van der Waals surface area contributed by atoms with Gasteiger partial charge in [-0.05, 0) is 12.1 Å². The maximum absolute atomic E-state index is 10.4. The monoisotopic (exact) mass is 182 g/mol. The van der Waals surface area contributed by atoms with Crippen LogP contribution < -0.4 is 4.74 Å². The second kappa shape index (κ2) is 2.67. The molecule has 1 aromatic rings. The van der Waals surface area contributed by atoms with E-state index in [2.05, 4.69) is 4.98 Å². The van der Waals surface area contributed by atoms with Crippen LogP contribution in [0.2, 0.25) is 0 Å². The zero-order chi connectivity index (χ0) is 9.42. The van der Waals surface area contributed by atoms with Crippen LogP contribution in [0.4, 0.5) is 0 Å². The van der Waals surface area contributed by atoms with Crippen LogP contribution in [0, 0.1) is 10.1 Å². The largest absolute Gasteiger partial charge is 0.409 e. The van der Waals surface area contributed by atoms with Gasteiger partial charge < -0.3 is 9.84 Å². The number of aromatic nitrogens is 1. The van der Waals surface area contributed by atoms with Gasteiger partial charge in [-0.15, -0.1) is 0 Å². The molecule has 0 aromatic carbocycles. The Kier molecular flexibility index (Phi) is 1.63. The number of aliphatic hydroxyl groups excluding tert-OH is 1. The molecule has 13 heavy (non-hydrogen) atoms. The molecule has 1 aliphatic heterocycles. The number of hydrogen-bond donors (Lipinski definition) is 1. The quantitative estimate of drug-likeness (QED) is 0.492. The third-order valence-corrected chi connectivity index (χ3v) is 1.83. The molecule has 1 aromatic heterocycles. The topological polar surface area (TPSA) is 85.5 Å². The van der Waals surface area contributed by atoms with E-state index in [1.165, 1.54) is 6.20 Å². The summed E-state index contributed by atoms with van der Waals surface area (Å²) in [5, 5.41) is 19.8. The first-order valence-corrected chi connectivity index (χ1v) is 3.63. The van der Waals surface area contributed by atoms with E-state index in [-0.39, 0.29) is 5.88 Å². The van der Waals surface area contributed by atoms with Crippen LogP contribution >= 0.6 is 0 Å². The highest BCUT2D eigenvalue weighted by Crippen LogP contribution is 2.34. The maximum Gasteiger partial charge on any atom is 0.385 e. The summed E-state index contributed by atoms with van der Waals surface area (Å²) in [6.45, 7) is 0. The van der Waals surface area contributed by atoms with E-state index in [0.29, 0.717) is 5.56 Å². The second-order valence-corrected chi connectivity index (χ2v) is 2.64. The molecule has 0 bridgehead atoms. The molecule has 0 saturated carbocycles. The molecule has 2 atom stereocenters. The molecule has 0 radical (unpaired) electrons. The number of ether oxygens (including phenoxy) is 1. The molecule has 0 fully saturated rings. The van der Waals surface area contributed by atoms with Gasteiger partial charge in [-0.2, -0.15) is 0 Å². The number of aliphatic hydroxyl groups is 1. The highest BCUT2D eigenvalue weighted by molar-refractivity contribution is 5.31. The third kappa shape index (κ3) is 1.11. The Morgan fingerprint density at radius 2 is 2.46 bits per heavy atom. The Hall–Kier alpha value is -1.69. The van der Waals surface area contributed by atoms with Crippen molar-refractivity contribution in [3.8, 4) is 5.88 Å². The number of nitro groups is 1. The molecule has 68 valence electrons. The molecule has 0 saturated heterocycles. The van der Waals surface area contributed by atoms with Gasteiger partial charge in [0.2, 0.25) is 5.88 Å². The zero-order valence-corrected chi connectivity index (χ0v) is 6.45. The van der Waals surface area contributed by atoms with Crippen LogP contribution in [0.15, 0.2) is 18.3 Å². The summed E-state index contributed by atoms with van der Waals surface area (Å²) >= 11 is 0. The molecule has 2 heterocycles. The van der Waals surface area contributed by atoms with E-state index in [1.807, 2.05) is 0 Å². The highest BCUT2D eigenvalue weighted by Gasteiger charge is 2.42. The van der Waals surface area contributed by atoms with Crippen molar-refractivity contribution in [3.63, 3.8) is 0 Å². The molecule has 6 nitrogen and oxygen atoms in total. The Labute approximate surface area is 72.9 Å². The molecular formula is C7H6N2O4. The number of rotatable bonds is 1. The number of nitrogens with zero attached hydrogens (tertiary/aromatic N) is 2. The van der Waals surface area contributed by atoms with E-state index in [1.54, 1.807) is 12.1 Å². The summed E-state index contributed by atoms with van der Waals surface area (Å²) in [4.78, 5) is 13.5. The number of hydrogen-bond acceptors (Lipinski definition) is 5. The summed E-state index contributed by atoms with van der Waals surface area (Å²) in [5.41, 5.74) is 0.365. The lowest BCUT2D eigenvalue weighted by molar-refractivity contribution is -0.572. The van der Waals surface area contributed by atoms with Crippen LogP contribution in [0.25, 0.3) is 0 Å². The fourth-order valence-corrected chi connectivity index (χ4v) is 1.22. The van der Waals surface area contributed by atoms with Crippen LogP contribution in [-0.2, 0) is 0 Å². The van der Waals surface area contributed by atoms with Crippen molar-refractivity contribution in [2.75, 3.05) is 0 Å². The van der Waals surface area contributed by atoms with Gasteiger partial charge in [0.1, 0.15) is 0 Å². The van der Waals surface area contributed by atoms with Crippen LogP contribution in [0.3, 0.4) is 0 Å². The van der Waals surface area contributed by atoms with Crippen molar-refractivity contribution in [2.45, 2.75) is 12.3 Å². The third-order valence-electron chi connectivity index (χ3n) is 1.83. The van der Waals surface area contributed by atoms with Crippen molar-refractivity contribution in [2.24, 2.45) is 0 Å². The lowest BCUT2D eigenvalue weighted by Crippen LogP contribution is -2.27. The molecule has 1 aliphatic rings. The smallest absolute Gasteiger partial charge is 0.385 e. The van der Waals surface area contributed by atoms with Crippen molar-refractivity contribution in [1.29, 1.82) is 0 Å². The number of pyridine rings is 1. The Bertz CT molecular complexity index is 354. The fourth-order valence-electron chi connectivity index (χ4n) is 1.22. The average Bonchev–Trinajstić information content (AvgIpc) is 2.45. The molecule has 1 N–H and O–H groups in total. The van der Waals surface area contributed by atoms with E-state index in [9.17, 15) is 15.2 Å². The molecule has 6 heteroatoms. The van der Waals surface area contributed by atoms with Crippen molar-refractivity contribution in [3.05, 3.63) is 34.0 Å². The number of fused-ring (bicyclic) bond motifs is 1. The van der Waals surface area contributed by atoms with Gasteiger partial charge in [0.25, 0.3) is 0 Å². The van der Waals surface area contributed by atoms with Crippen LogP contribution in [0.5, 0.6) is 5.88 Å². The Morgan fingerprint density at radius 1 is 1.69 bits per heavy atom. The van der Waals surface area contributed by atoms with Crippen molar-refractivity contribution < 1.29 is 14.8 Å². The summed E-state index contributed by atoms with van der Waals surface area (Å²) in [5.74, 6) is 0.136. The molecular weight excluding hydrogens is 176 g/mol. The van der Waals surface area contributed by atoms with Crippen molar-refractivity contribution in [1.82, 2.24) is 4.98 Å². The minimum absolute atomic E-state index is 0.136. The van der Waals surface area contributed by atoms with Gasteiger partial charge in [-0.1, -0.05) is 0 Å². The fraction of sp³-hybridized carbons (Fsp3) is 0.286. The lowest BCUT2D eigenvalue weighted by Gasteiger charge is -2.03. The van der Waals surface area contributed by atoms with Gasteiger partial charge in [0.15, 0.2) is 6.10 Å². The van der Waals surface area contributed by atoms with Gasteiger partial charge >= 0.3 is 6.23 Å². The highest BCUT2D eigenvalue weighted by atomic mass is 16.7. The summed E-state index contributed by atoms with van der Waals surface area (Å²) in [6.07, 6.45) is -1.20. The predicted octanol–water partition coefficient (Wildman–Crippen LogP) is 0.110. The SMILES string of the molecule is O=[N+]([O-])[C@H]1Oc2ncccc2[C@H]1O. The normalized spacial score (nSPS) is 25.0. The standard InChI is InChI=1S/C7H6N2O4/c10-5-4-2-1-3-8-6(4)13-7(5)9(11)12/h1-3,5,7,10H/t5-,7+/m1/s1. The van der Waals surface area contributed by atoms with Gasteiger partial charge in [0, 0.05) is 6.20 Å².